The molecule has 1 amide bonds. The standard InChI is InChI=1S/C20H21N3O3S/c1-15(16-7-11-19(12-8-16)27(21,25)26)22(2)20(24)17-5-9-18(10-6-17)23-13-3-4-14-23/h3-15H,1-2H3,(H2,21,25,26)/t15-/m0/s1. The average Bonchev–Trinajstić information content (AvgIpc) is 3.20. The van der Waals surface area contributed by atoms with Crippen molar-refractivity contribution in [3.8, 4) is 5.69 Å². The molecule has 0 aliphatic rings. The number of nitrogens with zero attached hydrogens (tertiary/aromatic N) is 2. The topological polar surface area (TPSA) is 85.4 Å². The number of carbonyl (C=O) groups is 1. The smallest absolute Gasteiger partial charge is 0.254 e. The third-order valence-electron chi connectivity index (χ3n) is 4.61. The van der Waals surface area contributed by atoms with Crippen LogP contribution in [0.25, 0.3) is 5.69 Å². The van der Waals surface area contributed by atoms with E-state index in [9.17, 15) is 13.2 Å². The van der Waals surface area contributed by atoms with Crippen LogP contribution >= 0.6 is 0 Å². The van der Waals surface area contributed by atoms with Crippen molar-refractivity contribution in [2.75, 3.05) is 7.05 Å². The van der Waals surface area contributed by atoms with Gasteiger partial charge in [0, 0.05) is 30.7 Å². The third kappa shape index (κ3) is 4.10. The lowest BCUT2D eigenvalue weighted by molar-refractivity contribution is 0.0742. The molecule has 27 heavy (non-hydrogen) atoms. The highest BCUT2D eigenvalue weighted by Crippen LogP contribution is 2.22. The summed E-state index contributed by atoms with van der Waals surface area (Å²) in [6.07, 6.45) is 3.88. The summed E-state index contributed by atoms with van der Waals surface area (Å²) in [4.78, 5) is 14.5. The Morgan fingerprint density at radius 3 is 2.07 bits per heavy atom. The van der Waals surface area contributed by atoms with Gasteiger partial charge >= 0.3 is 0 Å². The maximum absolute atomic E-state index is 12.8. The molecule has 0 saturated carbocycles. The molecule has 2 N–H and O–H groups in total. The van der Waals surface area contributed by atoms with Crippen LogP contribution in [0, 0.1) is 0 Å². The van der Waals surface area contributed by atoms with Gasteiger partial charge in [-0.25, -0.2) is 13.6 Å². The van der Waals surface area contributed by atoms with Crippen LogP contribution in [0.5, 0.6) is 0 Å². The first-order chi connectivity index (χ1) is 12.8. The molecule has 0 spiro atoms. The normalized spacial score (nSPS) is 12.6. The summed E-state index contributed by atoms with van der Waals surface area (Å²) in [6.45, 7) is 1.89. The van der Waals surface area contributed by atoms with Gasteiger partial charge in [-0.3, -0.25) is 4.79 Å². The van der Waals surface area contributed by atoms with Gasteiger partial charge in [-0.05, 0) is 61.0 Å². The van der Waals surface area contributed by atoms with Crippen molar-refractivity contribution in [1.29, 1.82) is 0 Å². The van der Waals surface area contributed by atoms with Crippen LogP contribution in [0.4, 0.5) is 0 Å². The monoisotopic (exact) mass is 383 g/mol. The van der Waals surface area contributed by atoms with Gasteiger partial charge in [-0.1, -0.05) is 12.1 Å². The zero-order valence-corrected chi connectivity index (χ0v) is 15.9. The van der Waals surface area contributed by atoms with Crippen LogP contribution < -0.4 is 5.14 Å². The lowest BCUT2D eigenvalue weighted by atomic mass is 10.1. The fourth-order valence-corrected chi connectivity index (χ4v) is 3.34. The second kappa shape index (κ2) is 7.38. The Morgan fingerprint density at radius 1 is 1.00 bits per heavy atom. The van der Waals surface area contributed by atoms with E-state index in [-0.39, 0.29) is 16.8 Å². The molecule has 140 valence electrons. The number of primary sulfonamides is 1. The van der Waals surface area contributed by atoms with Gasteiger partial charge in [0.2, 0.25) is 10.0 Å². The van der Waals surface area contributed by atoms with E-state index in [4.69, 9.17) is 5.14 Å². The van der Waals surface area contributed by atoms with E-state index in [1.54, 1.807) is 36.2 Å². The van der Waals surface area contributed by atoms with Crippen molar-refractivity contribution >= 4 is 15.9 Å². The van der Waals surface area contributed by atoms with Gasteiger partial charge in [0.15, 0.2) is 0 Å². The first-order valence-corrected chi connectivity index (χ1v) is 9.95. The molecule has 0 radical (unpaired) electrons. The fourth-order valence-electron chi connectivity index (χ4n) is 2.82. The molecule has 0 saturated heterocycles. The molecule has 3 aromatic rings. The minimum atomic E-state index is -3.73. The van der Waals surface area contributed by atoms with E-state index in [1.807, 2.05) is 48.1 Å². The number of hydrogen-bond donors (Lipinski definition) is 1. The molecular weight excluding hydrogens is 362 g/mol. The largest absolute Gasteiger partial charge is 0.335 e. The summed E-state index contributed by atoms with van der Waals surface area (Å²) < 4.78 is 24.7. The number of aromatic nitrogens is 1. The van der Waals surface area contributed by atoms with Crippen LogP contribution in [0.15, 0.2) is 78.0 Å². The highest BCUT2D eigenvalue weighted by atomic mass is 32.2. The first-order valence-electron chi connectivity index (χ1n) is 8.41. The third-order valence-corrected chi connectivity index (χ3v) is 5.54. The minimum absolute atomic E-state index is 0.0491. The molecule has 6 nitrogen and oxygen atoms in total. The van der Waals surface area contributed by atoms with Gasteiger partial charge in [0.05, 0.1) is 10.9 Å². The van der Waals surface area contributed by atoms with Crippen molar-refractivity contribution in [3.63, 3.8) is 0 Å². The second-order valence-electron chi connectivity index (χ2n) is 6.34. The number of hydrogen-bond acceptors (Lipinski definition) is 3. The maximum atomic E-state index is 12.8. The highest BCUT2D eigenvalue weighted by molar-refractivity contribution is 7.89. The molecule has 0 bridgehead atoms. The maximum Gasteiger partial charge on any atom is 0.254 e. The Hall–Kier alpha value is -2.90. The fraction of sp³-hybridized carbons (Fsp3) is 0.150. The molecule has 0 aliphatic carbocycles. The Balaban J connectivity index is 1.76. The number of sulfonamides is 1. The van der Waals surface area contributed by atoms with Crippen molar-refractivity contribution in [1.82, 2.24) is 9.47 Å². The van der Waals surface area contributed by atoms with Crippen molar-refractivity contribution < 1.29 is 13.2 Å². The quantitative estimate of drug-likeness (QED) is 0.735. The number of rotatable bonds is 5. The van der Waals surface area contributed by atoms with Crippen LogP contribution in [0.3, 0.4) is 0 Å². The van der Waals surface area contributed by atoms with E-state index in [2.05, 4.69) is 0 Å². The lowest BCUT2D eigenvalue weighted by Gasteiger charge is -2.25. The van der Waals surface area contributed by atoms with Crippen molar-refractivity contribution in [3.05, 3.63) is 84.2 Å². The Kier molecular flexibility index (Phi) is 5.16. The predicted octanol–water partition coefficient (Wildman–Crippen LogP) is 2.96. The van der Waals surface area contributed by atoms with E-state index in [0.717, 1.165) is 11.3 Å². The van der Waals surface area contributed by atoms with Gasteiger partial charge in [0.1, 0.15) is 0 Å². The summed E-state index contributed by atoms with van der Waals surface area (Å²) >= 11 is 0. The van der Waals surface area contributed by atoms with E-state index in [1.165, 1.54) is 12.1 Å². The number of carbonyl (C=O) groups excluding carboxylic acids is 1. The van der Waals surface area contributed by atoms with Crippen LogP contribution in [-0.2, 0) is 10.0 Å². The van der Waals surface area contributed by atoms with Crippen LogP contribution in [0.2, 0.25) is 0 Å². The summed E-state index contributed by atoms with van der Waals surface area (Å²) in [7, 11) is -2.01. The Labute approximate surface area is 158 Å². The molecule has 7 heteroatoms. The Bertz CT molecular complexity index is 1030. The molecule has 0 unspecified atom stereocenters. The average molecular weight is 383 g/mol. The number of amides is 1. The second-order valence-corrected chi connectivity index (χ2v) is 7.90. The molecular formula is C20H21N3O3S. The van der Waals surface area contributed by atoms with Gasteiger partial charge < -0.3 is 9.47 Å². The number of benzene rings is 2. The highest BCUT2D eigenvalue weighted by Gasteiger charge is 2.19. The molecule has 2 aromatic carbocycles. The zero-order valence-electron chi connectivity index (χ0n) is 15.1. The Morgan fingerprint density at radius 2 is 1.56 bits per heavy atom. The van der Waals surface area contributed by atoms with Gasteiger partial charge in [-0.15, -0.1) is 0 Å². The zero-order chi connectivity index (χ0) is 19.6. The summed E-state index contributed by atoms with van der Waals surface area (Å²) in [5.74, 6) is -0.114. The van der Waals surface area contributed by atoms with Gasteiger partial charge in [0.25, 0.3) is 5.91 Å². The first kappa shape index (κ1) is 18.9. The number of nitrogens with two attached hydrogens (primary N) is 1. The van der Waals surface area contributed by atoms with Crippen molar-refractivity contribution in [2.24, 2.45) is 5.14 Å². The molecule has 1 heterocycles. The summed E-state index contributed by atoms with van der Waals surface area (Å²) in [5.41, 5.74) is 2.38. The molecule has 0 fully saturated rings. The molecule has 1 aromatic heterocycles. The SMILES string of the molecule is C[C@@H](c1ccc(S(N)(=O)=O)cc1)N(C)C(=O)c1ccc(-n2cccc2)cc1. The minimum Gasteiger partial charge on any atom is -0.335 e. The van der Waals surface area contributed by atoms with Crippen molar-refractivity contribution in [2.45, 2.75) is 17.9 Å². The van der Waals surface area contributed by atoms with E-state index in [0.29, 0.717) is 5.56 Å². The van der Waals surface area contributed by atoms with E-state index < -0.39 is 10.0 Å². The van der Waals surface area contributed by atoms with E-state index >= 15 is 0 Å². The predicted molar refractivity (Wildman–Crippen MR) is 104 cm³/mol. The molecule has 0 aliphatic heterocycles. The summed E-state index contributed by atoms with van der Waals surface area (Å²) in [6, 6.07) is 17.3. The van der Waals surface area contributed by atoms with Crippen LogP contribution in [0.1, 0.15) is 28.9 Å². The molecule has 3 rings (SSSR count). The van der Waals surface area contributed by atoms with Gasteiger partial charge in [-0.2, -0.15) is 0 Å². The summed E-state index contributed by atoms with van der Waals surface area (Å²) in [5, 5.41) is 5.12. The van der Waals surface area contributed by atoms with Crippen LogP contribution in [-0.4, -0.2) is 30.8 Å². The lowest BCUT2D eigenvalue weighted by Crippen LogP contribution is -2.29. The molecule has 1 atom stereocenters.